The lowest BCUT2D eigenvalue weighted by atomic mass is 10.3. The van der Waals surface area contributed by atoms with Gasteiger partial charge in [-0.1, -0.05) is 0 Å². The summed E-state index contributed by atoms with van der Waals surface area (Å²) in [5, 5.41) is 7.33. The van der Waals surface area contributed by atoms with Crippen LogP contribution in [-0.4, -0.2) is 44.3 Å². The van der Waals surface area contributed by atoms with Gasteiger partial charge in [0.05, 0.1) is 4.90 Å². The minimum Gasteiger partial charge on any atom is -0.486 e. The Morgan fingerprint density at radius 1 is 1.22 bits per heavy atom. The lowest BCUT2D eigenvalue weighted by Gasteiger charge is -2.18. The maximum absolute atomic E-state index is 12.3. The number of fused-ring (bicyclic) bond motifs is 1. The molecular formula is C16H19N3O7S. The smallest absolute Gasteiger partial charge is 0.306 e. The zero-order chi connectivity index (χ0) is 19.3. The Morgan fingerprint density at radius 2 is 2.00 bits per heavy atom. The van der Waals surface area contributed by atoms with Gasteiger partial charge in [0.1, 0.15) is 13.2 Å². The Kier molecular flexibility index (Phi) is 5.91. The minimum atomic E-state index is -3.72. The van der Waals surface area contributed by atoms with Crippen molar-refractivity contribution in [2.75, 3.05) is 19.8 Å². The first kappa shape index (κ1) is 19.1. The molecule has 0 amide bonds. The van der Waals surface area contributed by atoms with Crippen LogP contribution in [-0.2, 0) is 26.2 Å². The minimum absolute atomic E-state index is 0.0524. The Hall–Kier alpha value is -2.66. The van der Waals surface area contributed by atoms with Gasteiger partial charge in [0.15, 0.2) is 18.1 Å². The van der Waals surface area contributed by atoms with Crippen LogP contribution in [0.4, 0.5) is 0 Å². The standard InChI is InChI=1S/C16H19N3O7S/c1-11-18-19-15(26-11)10-25-16(20)3-2-6-17-27(21,22)12-4-5-13-14(9-12)24-8-7-23-13/h4-5,9,17H,2-3,6-8,10H2,1H3. The van der Waals surface area contributed by atoms with E-state index in [1.54, 1.807) is 13.0 Å². The molecule has 0 saturated heterocycles. The lowest BCUT2D eigenvalue weighted by molar-refractivity contribution is -0.145. The fourth-order valence-corrected chi connectivity index (χ4v) is 3.41. The molecule has 2 heterocycles. The number of rotatable bonds is 8. The maximum atomic E-state index is 12.3. The molecule has 1 aliphatic rings. The average Bonchev–Trinajstić information content (AvgIpc) is 3.08. The van der Waals surface area contributed by atoms with Crippen LogP contribution in [0, 0.1) is 6.92 Å². The monoisotopic (exact) mass is 397 g/mol. The van der Waals surface area contributed by atoms with Crippen LogP contribution in [0.25, 0.3) is 0 Å². The van der Waals surface area contributed by atoms with Crippen molar-refractivity contribution >= 4 is 16.0 Å². The zero-order valence-electron chi connectivity index (χ0n) is 14.6. The Bertz CT molecular complexity index is 910. The van der Waals surface area contributed by atoms with Crippen molar-refractivity contribution in [2.45, 2.75) is 31.3 Å². The number of esters is 1. The molecule has 1 aliphatic heterocycles. The van der Waals surface area contributed by atoms with Crippen molar-refractivity contribution in [2.24, 2.45) is 0 Å². The highest BCUT2D eigenvalue weighted by Crippen LogP contribution is 2.32. The van der Waals surface area contributed by atoms with Gasteiger partial charge in [-0.05, 0) is 18.6 Å². The van der Waals surface area contributed by atoms with E-state index >= 15 is 0 Å². The molecule has 0 bridgehead atoms. The molecule has 0 atom stereocenters. The molecule has 1 aromatic carbocycles. The number of nitrogens with zero attached hydrogens (tertiary/aromatic N) is 2. The SMILES string of the molecule is Cc1nnc(COC(=O)CCCNS(=O)(=O)c2ccc3c(c2)OCCO3)o1. The van der Waals surface area contributed by atoms with E-state index in [1.165, 1.54) is 12.1 Å². The summed E-state index contributed by atoms with van der Waals surface area (Å²) in [5.74, 6) is 1.02. The third-order valence-corrected chi connectivity index (χ3v) is 5.06. The van der Waals surface area contributed by atoms with E-state index in [9.17, 15) is 13.2 Å². The van der Waals surface area contributed by atoms with Crippen LogP contribution in [0.1, 0.15) is 24.6 Å². The number of carbonyl (C=O) groups excluding carboxylic acids is 1. The van der Waals surface area contributed by atoms with E-state index in [0.29, 0.717) is 30.6 Å². The number of sulfonamides is 1. The first-order valence-corrected chi connectivity index (χ1v) is 9.76. The molecule has 2 aromatic rings. The second-order valence-electron chi connectivity index (χ2n) is 5.68. The van der Waals surface area contributed by atoms with E-state index in [1.807, 2.05) is 0 Å². The second-order valence-corrected chi connectivity index (χ2v) is 7.45. The van der Waals surface area contributed by atoms with Crippen molar-refractivity contribution < 1.29 is 31.8 Å². The molecular weight excluding hydrogens is 378 g/mol. The summed E-state index contributed by atoms with van der Waals surface area (Å²) >= 11 is 0. The highest BCUT2D eigenvalue weighted by Gasteiger charge is 2.19. The molecule has 1 aromatic heterocycles. The molecule has 27 heavy (non-hydrogen) atoms. The third kappa shape index (κ3) is 5.17. The molecule has 3 rings (SSSR count). The highest BCUT2D eigenvalue weighted by atomic mass is 32.2. The summed E-state index contributed by atoms with van der Waals surface area (Å²) in [6.07, 6.45) is 0.336. The number of benzene rings is 1. The van der Waals surface area contributed by atoms with Crippen molar-refractivity contribution in [1.82, 2.24) is 14.9 Å². The average molecular weight is 397 g/mol. The molecule has 0 fully saturated rings. The summed E-state index contributed by atoms with van der Waals surface area (Å²) in [6, 6.07) is 4.41. The van der Waals surface area contributed by atoms with Gasteiger partial charge in [0.25, 0.3) is 5.89 Å². The molecule has 0 spiro atoms. The molecule has 0 radical (unpaired) electrons. The van der Waals surface area contributed by atoms with Crippen LogP contribution >= 0.6 is 0 Å². The molecule has 0 unspecified atom stereocenters. The summed E-state index contributed by atoms with van der Waals surface area (Å²) in [6.45, 7) is 2.41. The van der Waals surface area contributed by atoms with Crippen LogP contribution in [0.15, 0.2) is 27.5 Å². The summed E-state index contributed by atoms with van der Waals surface area (Å²) < 4.78 is 47.9. The number of hydrogen-bond acceptors (Lipinski definition) is 9. The van der Waals surface area contributed by atoms with E-state index in [0.717, 1.165) is 0 Å². The van der Waals surface area contributed by atoms with Crippen molar-refractivity contribution in [3.8, 4) is 11.5 Å². The second kappa shape index (κ2) is 8.35. The highest BCUT2D eigenvalue weighted by molar-refractivity contribution is 7.89. The fraction of sp³-hybridized carbons (Fsp3) is 0.438. The lowest BCUT2D eigenvalue weighted by Crippen LogP contribution is -2.25. The van der Waals surface area contributed by atoms with E-state index < -0.39 is 16.0 Å². The third-order valence-electron chi connectivity index (χ3n) is 3.60. The van der Waals surface area contributed by atoms with Gasteiger partial charge in [0, 0.05) is 26.0 Å². The van der Waals surface area contributed by atoms with Crippen LogP contribution in [0.3, 0.4) is 0 Å². The number of hydrogen-bond donors (Lipinski definition) is 1. The van der Waals surface area contributed by atoms with Gasteiger partial charge >= 0.3 is 5.97 Å². The predicted molar refractivity (Wildman–Crippen MR) is 90.7 cm³/mol. The summed E-state index contributed by atoms with van der Waals surface area (Å²) in [4.78, 5) is 11.7. The van der Waals surface area contributed by atoms with E-state index in [2.05, 4.69) is 14.9 Å². The zero-order valence-corrected chi connectivity index (χ0v) is 15.5. The first-order chi connectivity index (χ1) is 12.9. The Labute approximate surface area is 155 Å². The van der Waals surface area contributed by atoms with Gasteiger partial charge in [-0.2, -0.15) is 0 Å². The number of nitrogens with one attached hydrogen (secondary N) is 1. The van der Waals surface area contributed by atoms with Crippen LogP contribution in [0.5, 0.6) is 11.5 Å². The maximum Gasteiger partial charge on any atom is 0.306 e. The molecule has 11 heteroatoms. The van der Waals surface area contributed by atoms with Crippen molar-refractivity contribution in [3.63, 3.8) is 0 Å². The normalized spacial score (nSPS) is 13.4. The molecule has 0 saturated carbocycles. The Balaban J connectivity index is 1.43. The largest absolute Gasteiger partial charge is 0.486 e. The molecule has 1 N–H and O–H groups in total. The number of ether oxygens (including phenoxy) is 3. The number of aromatic nitrogens is 2. The predicted octanol–water partition coefficient (Wildman–Crippen LogP) is 0.951. The summed E-state index contributed by atoms with van der Waals surface area (Å²) in [7, 11) is -3.72. The fourth-order valence-electron chi connectivity index (χ4n) is 2.32. The number of carbonyl (C=O) groups is 1. The van der Waals surface area contributed by atoms with Crippen LogP contribution < -0.4 is 14.2 Å². The van der Waals surface area contributed by atoms with Crippen molar-refractivity contribution in [3.05, 3.63) is 30.0 Å². The van der Waals surface area contributed by atoms with Gasteiger partial charge in [-0.3, -0.25) is 4.79 Å². The molecule has 146 valence electrons. The Morgan fingerprint density at radius 3 is 2.74 bits per heavy atom. The van der Waals surface area contributed by atoms with Crippen LogP contribution in [0.2, 0.25) is 0 Å². The van der Waals surface area contributed by atoms with E-state index in [-0.39, 0.29) is 36.8 Å². The topological polar surface area (TPSA) is 130 Å². The van der Waals surface area contributed by atoms with Gasteiger partial charge < -0.3 is 18.6 Å². The molecule has 0 aliphatic carbocycles. The van der Waals surface area contributed by atoms with Crippen molar-refractivity contribution in [1.29, 1.82) is 0 Å². The quantitative estimate of drug-likeness (QED) is 0.511. The van der Waals surface area contributed by atoms with Gasteiger partial charge in [-0.25, -0.2) is 13.1 Å². The van der Waals surface area contributed by atoms with Gasteiger partial charge in [0.2, 0.25) is 15.9 Å². The van der Waals surface area contributed by atoms with E-state index in [4.69, 9.17) is 18.6 Å². The first-order valence-electron chi connectivity index (χ1n) is 8.28. The summed E-state index contributed by atoms with van der Waals surface area (Å²) in [5.41, 5.74) is 0. The van der Waals surface area contributed by atoms with Gasteiger partial charge in [-0.15, -0.1) is 10.2 Å². The number of aryl methyl sites for hydroxylation is 1. The molecule has 10 nitrogen and oxygen atoms in total.